The number of benzene rings is 1. The normalized spacial score (nSPS) is 30.3. The van der Waals surface area contributed by atoms with Crippen LogP contribution in [0, 0.1) is 11.8 Å². The molecule has 1 saturated carbocycles. The molecule has 0 radical (unpaired) electrons. The van der Waals surface area contributed by atoms with Crippen molar-refractivity contribution in [1.82, 2.24) is 0 Å². The lowest BCUT2D eigenvalue weighted by molar-refractivity contribution is 0.474. The van der Waals surface area contributed by atoms with Crippen LogP contribution >= 0.6 is 0 Å². The molecule has 1 aromatic rings. The van der Waals surface area contributed by atoms with E-state index in [-0.39, 0.29) is 0 Å². The Labute approximate surface area is 77.8 Å². The zero-order chi connectivity index (χ0) is 8.84. The highest BCUT2D eigenvalue weighted by Crippen LogP contribution is 2.47. The van der Waals surface area contributed by atoms with Gasteiger partial charge in [0.05, 0.1) is 5.69 Å². The maximum Gasteiger partial charge on any atom is 0.138 e. The van der Waals surface area contributed by atoms with Crippen LogP contribution in [0.5, 0.6) is 5.75 Å². The van der Waals surface area contributed by atoms with E-state index in [9.17, 15) is 5.11 Å². The summed E-state index contributed by atoms with van der Waals surface area (Å²) >= 11 is 0. The molecule has 2 unspecified atom stereocenters. The van der Waals surface area contributed by atoms with Crippen LogP contribution in [0.4, 0.5) is 5.69 Å². The minimum absolute atomic E-state index is 0.420. The van der Waals surface area contributed by atoms with Crippen molar-refractivity contribution < 1.29 is 5.11 Å². The van der Waals surface area contributed by atoms with Gasteiger partial charge in [-0.1, -0.05) is 12.1 Å². The Hall–Kier alpha value is -1.18. The fraction of sp³-hybridized carbons (Fsp3) is 0.455. The third kappa shape index (κ3) is 1.09. The van der Waals surface area contributed by atoms with E-state index in [2.05, 4.69) is 4.90 Å². The van der Waals surface area contributed by atoms with Crippen LogP contribution in [0.25, 0.3) is 0 Å². The third-order valence-electron chi connectivity index (χ3n) is 3.20. The number of fused-ring (bicyclic) bond motifs is 1. The van der Waals surface area contributed by atoms with E-state index in [0.29, 0.717) is 5.75 Å². The van der Waals surface area contributed by atoms with Crippen molar-refractivity contribution in [2.45, 2.75) is 6.42 Å². The van der Waals surface area contributed by atoms with E-state index in [1.807, 2.05) is 18.2 Å². The van der Waals surface area contributed by atoms with Gasteiger partial charge >= 0.3 is 0 Å². The molecular weight excluding hydrogens is 162 g/mol. The molecule has 0 spiro atoms. The van der Waals surface area contributed by atoms with Crippen molar-refractivity contribution in [1.29, 1.82) is 0 Å². The zero-order valence-corrected chi connectivity index (χ0v) is 7.48. The van der Waals surface area contributed by atoms with Crippen molar-refractivity contribution in [3.05, 3.63) is 24.3 Å². The molecule has 1 aliphatic heterocycles. The first-order chi connectivity index (χ1) is 6.34. The fourth-order valence-corrected chi connectivity index (χ4v) is 2.33. The van der Waals surface area contributed by atoms with E-state index in [0.717, 1.165) is 30.6 Å². The quantitative estimate of drug-likeness (QED) is 0.704. The molecule has 68 valence electrons. The van der Waals surface area contributed by atoms with Crippen LogP contribution in [0.1, 0.15) is 6.42 Å². The Balaban J connectivity index is 1.88. The molecule has 2 heteroatoms. The Kier molecular flexibility index (Phi) is 1.34. The smallest absolute Gasteiger partial charge is 0.138 e. The summed E-state index contributed by atoms with van der Waals surface area (Å²) in [6, 6.07) is 7.62. The second-order valence-corrected chi connectivity index (χ2v) is 4.15. The Morgan fingerprint density at radius 1 is 1.15 bits per heavy atom. The van der Waals surface area contributed by atoms with Crippen molar-refractivity contribution in [3.63, 3.8) is 0 Å². The Morgan fingerprint density at radius 3 is 2.54 bits per heavy atom. The number of nitrogens with zero attached hydrogens (tertiary/aromatic N) is 1. The first kappa shape index (κ1) is 7.25. The molecule has 3 rings (SSSR count). The zero-order valence-electron chi connectivity index (χ0n) is 7.48. The van der Waals surface area contributed by atoms with E-state index >= 15 is 0 Å². The molecule has 1 aliphatic carbocycles. The number of rotatable bonds is 1. The fourth-order valence-electron chi connectivity index (χ4n) is 2.33. The SMILES string of the molecule is Oc1ccccc1N1CC2CC2C1. The summed E-state index contributed by atoms with van der Waals surface area (Å²) in [4.78, 5) is 2.30. The Morgan fingerprint density at radius 2 is 1.85 bits per heavy atom. The standard InChI is InChI=1S/C11H13NO/c13-11-4-2-1-3-10(11)12-6-8-5-9(8)7-12/h1-4,8-9,13H,5-7H2. The summed E-state index contributed by atoms with van der Waals surface area (Å²) in [6.45, 7) is 2.28. The minimum atomic E-state index is 0.420. The van der Waals surface area contributed by atoms with Gasteiger partial charge in [0.2, 0.25) is 0 Å². The van der Waals surface area contributed by atoms with Crippen LogP contribution in [0.2, 0.25) is 0 Å². The summed E-state index contributed by atoms with van der Waals surface area (Å²) in [5, 5.41) is 9.63. The lowest BCUT2D eigenvalue weighted by Gasteiger charge is -2.20. The van der Waals surface area contributed by atoms with E-state index in [1.165, 1.54) is 6.42 Å². The van der Waals surface area contributed by atoms with E-state index < -0.39 is 0 Å². The average molecular weight is 175 g/mol. The minimum Gasteiger partial charge on any atom is -0.506 e. The highest BCUT2D eigenvalue weighted by atomic mass is 16.3. The number of anilines is 1. The predicted octanol–water partition coefficient (Wildman–Crippen LogP) is 1.85. The lowest BCUT2D eigenvalue weighted by atomic mass is 10.2. The van der Waals surface area contributed by atoms with Crippen molar-refractivity contribution in [3.8, 4) is 5.75 Å². The Bertz CT molecular complexity index is 327. The van der Waals surface area contributed by atoms with Gasteiger partial charge in [0.1, 0.15) is 5.75 Å². The second-order valence-electron chi connectivity index (χ2n) is 4.15. The van der Waals surface area contributed by atoms with Gasteiger partial charge in [0.25, 0.3) is 0 Å². The molecule has 1 heterocycles. The van der Waals surface area contributed by atoms with Gasteiger partial charge in [0.15, 0.2) is 0 Å². The summed E-state index contributed by atoms with van der Waals surface area (Å²) in [7, 11) is 0. The first-order valence-electron chi connectivity index (χ1n) is 4.87. The topological polar surface area (TPSA) is 23.5 Å². The summed E-state index contributed by atoms with van der Waals surface area (Å²) in [5.41, 5.74) is 1.01. The first-order valence-corrected chi connectivity index (χ1v) is 4.87. The molecule has 1 saturated heterocycles. The van der Waals surface area contributed by atoms with Crippen LogP contribution in [0.3, 0.4) is 0 Å². The molecule has 0 amide bonds. The molecule has 2 nitrogen and oxygen atoms in total. The molecule has 2 fully saturated rings. The van der Waals surface area contributed by atoms with Gasteiger partial charge in [0, 0.05) is 13.1 Å². The van der Waals surface area contributed by atoms with Gasteiger partial charge in [-0.3, -0.25) is 0 Å². The molecule has 13 heavy (non-hydrogen) atoms. The van der Waals surface area contributed by atoms with Gasteiger partial charge in [-0.25, -0.2) is 0 Å². The number of para-hydroxylation sites is 2. The number of piperidine rings is 1. The number of phenolic OH excluding ortho intramolecular Hbond substituents is 1. The maximum absolute atomic E-state index is 9.63. The molecule has 1 aromatic carbocycles. The van der Waals surface area contributed by atoms with E-state index in [4.69, 9.17) is 0 Å². The molecule has 2 atom stereocenters. The number of aromatic hydroxyl groups is 1. The van der Waals surface area contributed by atoms with Gasteiger partial charge < -0.3 is 10.0 Å². The molecule has 2 aliphatic rings. The third-order valence-corrected chi connectivity index (χ3v) is 3.20. The van der Waals surface area contributed by atoms with Gasteiger partial charge in [-0.15, -0.1) is 0 Å². The number of hydrogen-bond acceptors (Lipinski definition) is 2. The molecule has 0 bridgehead atoms. The summed E-state index contributed by atoms with van der Waals surface area (Å²) < 4.78 is 0. The molecule has 0 aromatic heterocycles. The van der Waals surface area contributed by atoms with Gasteiger partial charge in [-0.2, -0.15) is 0 Å². The van der Waals surface area contributed by atoms with E-state index in [1.54, 1.807) is 6.07 Å². The van der Waals surface area contributed by atoms with Crippen molar-refractivity contribution in [2.75, 3.05) is 18.0 Å². The number of hydrogen-bond donors (Lipinski definition) is 1. The summed E-state index contributed by atoms with van der Waals surface area (Å²) in [6.07, 6.45) is 1.41. The lowest BCUT2D eigenvalue weighted by Crippen LogP contribution is -2.21. The van der Waals surface area contributed by atoms with Crippen molar-refractivity contribution in [2.24, 2.45) is 11.8 Å². The van der Waals surface area contributed by atoms with Crippen molar-refractivity contribution >= 4 is 5.69 Å². The highest BCUT2D eigenvalue weighted by molar-refractivity contribution is 5.58. The molecule has 1 N–H and O–H groups in total. The molecular formula is C11H13NO. The number of phenols is 1. The average Bonchev–Trinajstić information content (AvgIpc) is 2.75. The van der Waals surface area contributed by atoms with Crippen LogP contribution in [-0.2, 0) is 0 Å². The van der Waals surface area contributed by atoms with Crippen LogP contribution in [-0.4, -0.2) is 18.2 Å². The van der Waals surface area contributed by atoms with Crippen LogP contribution < -0.4 is 4.90 Å². The van der Waals surface area contributed by atoms with Crippen LogP contribution in [0.15, 0.2) is 24.3 Å². The monoisotopic (exact) mass is 175 g/mol. The highest BCUT2D eigenvalue weighted by Gasteiger charge is 2.45. The second kappa shape index (κ2) is 2.41. The largest absolute Gasteiger partial charge is 0.506 e. The van der Waals surface area contributed by atoms with Gasteiger partial charge in [-0.05, 0) is 30.4 Å². The summed E-state index contributed by atoms with van der Waals surface area (Å²) in [5.74, 6) is 2.25. The maximum atomic E-state index is 9.63. The predicted molar refractivity (Wildman–Crippen MR) is 51.9 cm³/mol.